The zero-order valence-corrected chi connectivity index (χ0v) is 15.9. The van der Waals surface area contributed by atoms with Crippen LogP contribution in [0.3, 0.4) is 0 Å². The number of piperidine rings is 1. The van der Waals surface area contributed by atoms with Gasteiger partial charge >= 0.3 is 0 Å². The van der Waals surface area contributed by atoms with E-state index in [9.17, 15) is 4.79 Å². The molecule has 3 aliphatic rings. The van der Waals surface area contributed by atoms with Gasteiger partial charge in [0.2, 0.25) is 5.91 Å². The van der Waals surface area contributed by atoms with Crippen LogP contribution in [-0.2, 0) is 16.1 Å². The molecule has 1 amide bonds. The first-order chi connectivity index (χ1) is 12.5. The molecule has 142 valence electrons. The van der Waals surface area contributed by atoms with Gasteiger partial charge in [0, 0.05) is 32.7 Å². The molecule has 6 heteroatoms. The van der Waals surface area contributed by atoms with Crippen molar-refractivity contribution >= 4 is 5.91 Å². The molecular formula is C20H30N4O2. The van der Waals surface area contributed by atoms with Crippen LogP contribution in [0.1, 0.15) is 18.4 Å². The summed E-state index contributed by atoms with van der Waals surface area (Å²) in [6.07, 6.45) is 1.97. The molecule has 6 nitrogen and oxygen atoms in total. The largest absolute Gasteiger partial charge is 0.344 e. The Balaban J connectivity index is 1.44. The predicted molar refractivity (Wildman–Crippen MR) is 101 cm³/mol. The van der Waals surface area contributed by atoms with Gasteiger partial charge in [-0.15, -0.1) is 0 Å². The zero-order valence-electron chi connectivity index (χ0n) is 15.9. The van der Waals surface area contributed by atoms with Crippen LogP contribution < -0.4 is 5.32 Å². The smallest absolute Gasteiger partial charge is 0.238 e. The highest BCUT2D eigenvalue weighted by Crippen LogP contribution is 2.42. The molecule has 3 aliphatic heterocycles. The molecule has 3 heterocycles. The van der Waals surface area contributed by atoms with Crippen molar-refractivity contribution in [3.63, 3.8) is 0 Å². The second-order valence-corrected chi connectivity index (χ2v) is 8.31. The monoisotopic (exact) mass is 358 g/mol. The van der Waals surface area contributed by atoms with Crippen LogP contribution in [0.2, 0.25) is 0 Å². The topological polar surface area (TPSA) is 48.1 Å². The summed E-state index contributed by atoms with van der Waals surface area (Å²) in [6, 6.07) is 10.6. The molecule has 1 atom stereocenters. The standard InChI is InChI=1S/C20H30N4O2/c1-22(2)16-20-14-21-12-18(25)24(20)15-19(26-20)8-10-23(11-9-19)13-17-6-4-3-5-7-17/h3-7,21H,8-16H2,1-2H3. The van der Waals surface area contributed by atoms with Crippen LogP contribution in [0.15, 0.2) is 30.3 Å². The number of amides is 1. The normalized spacial score (nSPS) is 28.7. The van der Waals surface area contributed by atoms with Crippen molar-refractivity contribution < 1.29 is 9.53 Å². The number of benzene rings is 1. The molecule has 3 saturated heterocycles. The van der Waals surface area contributed by atoms with Gasteiger partial charge in [-0.1, -0.05) is 30.3 Å². The van der Waals surface area contributed by atoms with Crippen LogP contribution in [0, 0.1) is 0 Å². The lowest BCUT2D eigenvalue weighted by Gasteiger charge is -2.43. The third-order valence-electron chi connectivity index (χ3n) is 5.90. The van der Waals surface area contributed by atoms with Crippen LogP contribution in [0.25, 0.3) is 0 Å². The third kappa shape index (κ3) is 3.39. The van der Waals surface area contributed by atoms with E-state index in [-0.39, 0.29) is 11.5 Å². The van der Waals surface area contributed by atoms with Gasteiger partial charge in [-0.05, 0) is 32.5 Å². The lowest BCUT2D eigenvalue weighted by Crippen LogP contribution is -2.65. The second kappa shape index (κ2) is 6.93. The fourth-order valence-corrected chi connectivity index (χ4v) is 4.72. The molecule has 1 aromatic rings. The average Bonchev–Trinajstić information content (AvgIpc) is 2.92. The number of carbonyl (C=O) groups excluding carboxylic acids is 1. The van der Waals surface area contributed by atoms with Crippen molar-refractivity contribution in [3.05, 3.63) is 35.9 Å². The fraction of sp³-hybridized carbons (Fsp3) is 0.650. The minimum atomic E-state index is -0.513. The van der Waals surface area contributed by atoms with Gasteiger partial charge in [-0.2, -0.15) is 0 Å². The summed E-state index contributed by atoms with van der Waals surface area (Å²) in [7, 11) is 4.09. The predicted octanol–water partition coefficient (Wildman–Crippen LogP) is 0.741. The fourth-order valence-electron chi connectivity index (χ4n) is 4.72. The van der Waals surface area contributed by atoms with E-state index in [4.69, 9.17) is 4.74 Å². The Morgan fingerprint density at radius 2 is 1.92 bits per heavy atom. The van der Waals surface area contributed by atoms with E-state index in [1.54, 1.807) is 0 Å². The van der Waals surface area contributed by atoms with Crippen molar-refractivity contribution in [1.29, 1.82) is 0 Å². The number of ether oxygens (including phenoxy) is 1. The summed E-state index contributed by atoms with van der Waals surface area (Å²) in [4.78, 5) is 19.2. The maximum atomic E-state index is 12.5. The Morgan fingerprint density at radius 3 is 2.62 bits per heavy atom. The molecular weight excluding hydrogens is 328 g/mol. The summed E-state index contributed by atoms with van der Waals surface area (Å²) in [5, 5.41) is 3.26. The summed E-state index contributed by atoms with van der Waals surface area (Å²) in [5.74, 6) is 0.168. The Kier molecular flexibility index (Phi) is 4.77. The molecule has 0 saturated carbocycles. The van der Waals surface area contributed by atoms with E-state index < -0.39 is 5.72 Å². The number of likely N-dealkylation sites (tertiary alicyclic amines) is 1. The molecule has 1 unspecified atom stereocenters. The molecule has 0 aliphatic carbocycles. The first-order valence-electron chi connectivity index (χ1n) is 9.63. The number of piperazine rings is 1. The number of likely N-dealkylation sites (N-methyl/N-ethyl adjacent to an activating group) is 1. The average molecular weight is 358 g/mol. The van der Waals surface area contributed by atoms with E-state index in [1.807, 2.05) is 19.0 Å². The molecule has 26 heavy (non-hydrogen) atoms. The number of nitrogens with zero attached hydrogens (tertiary/aromatic N) is 3. The van der Waals surface area contributed by atoms with Gasteiger partial charge in [0.15, 0.2) is 5.72 Å². The maximum absolute atomic E-state index is 12.5. The first kappa shape index (κ1) is 17.9. The second-order valence-electron chi connectivity index (χ2n) is 8.31. The van der Waals surface area contributed by atoms with Crippen molar-refractivity contribution in [2.75, 3.05) is 53.4 Å². The van der Waals surface area contributed by atoms with Crippen LogP contribution in [-0.4, -0.2) is 85.3 Å². The van der Waals surface area contributed by atoms with E-state index in [2.05, 4.69) is 45.4 Å². The van der Waals surface area contributed by atoms with Gasteiger partial charge in [0.05, 0.1) is 18.7 Å². The molecule has 1 spiro atoms. The number of rotatable bonds is 4. The molecule has 4 rings (SSSR count). The SMILES string of the molecule is CN(C)CC12CNCC(=O)N1CC1(CCN(Cc3ccccc3)CC1)O2. The van der Waals surface area contributed by atoms with Gasteiger partial charge in [-0.3, -0.25) is 9.69 Å². The van der Waals surface area contributed by atoms with E-state index in [0.717, 1.165) is 45.6 Å². The molecule has 3 fully saturated rings. The summed E-state index contributed by atoms with van der Waals surface area (Å²) in [6.45, 7) is 5.64. The van der Waals surface area contributed by atoms with E-state index >= 15 is 0 Å². The van der Waals surface area contributed by atoms with Crippen LogP contribution in [0.4, 0.5) is 0 Å². The van der Waals surface area contributed by atoms with Crippen LogP contribution >= 0.6 is 0 Å². The highest BCUT2D eigenvalue weighted by Gasteiger charge is 2.58. The number of carbonyl (C=O) groups is 1. The van der Waals surface area contributed by atoms with Crippen molar-refractivity contribution in [1.82, 2.24) is 20.0 Å². The highest BCUT2D eigenvalue weighted by molar-refractivity contribution is 5.80. The lowest BCUT2D eigenvalue weighted by molar-refractivity contribution is -0.177. The highest BCUT2D eigenvalue weighted by atomic mass is 16.6. The first-order valence-corrected chi connectivity index (χ1v) is 9.63. The summed E-state index contributed by atoms with van der Waals surface area (Å²) >= 11 is 0. The molecule has 1 N–H and O–H groups in total. The number of hydrogen-bond acceptors (Lipinski definition) is 5. The molecule has 1 aromatic carbocycles. The molecule has 0 aromatic heterocycles. The summed E-state index contributed by atoms with van der Waals surface area (Å²) in [5.41, 5.74) is 0.655. The van der Waals surface area contributed by atoms with Gasteiger partial charge in [0.1, 0.15) is 0 Å². The number of fused-ring (bicyclic) bond motifs is 1. The maximum Gasteiger partial charge on any atom is 0.238 e. The van der Waals surface area contributed by atoms with Crippen molar-refractivity contribution in [2.24, 2.45) is 0 Å². The van der Waals surface area contributed by atoms with Gasteiger partial charge in [-0.25, -0.2) is 0 Å². The Bertz CT molecular complexity index is 642. The Labute approximate surface area is 156 Å². The van der Waals surface area contributed by atoms with Gasteiger partial charge in [0.25, 0.3) is 0 Å². The summed E-state index contributed by atoms with van der Waals surface area (Å²) < 4.78 is 6.74. The van der Waals surface area contributed by atoms with E-state index in [1.165, 1.54) is 5.56 Å². The number of nitrogens with one attached hydrogen (secondary N) is 1. The van der Waals surface area contributed by atoms with Crippen molar-refractivity contribution in [2.45, 2.75) is 30.7 Å². The van der Waals surface area contributed by atoms with Crippen LogP contribution in [0.5, 0.6) is 0 Å². The minimum absolute atomic E-state index is 0.168. The Hall–Kier alpha value is -1.47. The third-order valence-corrected chi connectivity index (χ3v) is 5.90. The van der Waals surface area contributed by atoms with Crippen molar-refractivity contribution in [3.8, 4) is 0 Å². The Morgan fingerprint density at radius 1 is 1.19 bits per heavy atom. The number of hydrogen-bond donors (Lipinski definition) is 1. The molecule has 0 bridgehead atoms. The van der Waals surface area contributed by atoms with Gasteiger partial charge < -0.3 is 19.9 Å². The minimum Gasteiger partial charge on any atom is -0.344 e. The lowest BCUT2D eigenvalue weighted by atomic mass is 9.91. The quantitative estimate of drug-likeness (QED) is 0.860. The van der Waals surface area contributed by atoms with E-state index in [0.29, 0.717) is 13.1 Å². The zero-order chi connectivity index (χ0) is 18.2. The molecule has 0 radical (unpaired) electrons.